The predicted octanol–water partition coefficient (Wildman–Crippen LogP) is 6.21. The fraction of sp³-hybridized carbons (Fsp3) is 1.00. The third-order valence-electron chi connectivity index (χ3n) is 7.13. The van der Waals surface area contributed by atoms with Crippen LogP contribution in [-0.4, -0.2) is 12.2 Å². The lowest BCUT2D eigenvalue weighted by atomic mass is 9.79. The van der Waals surface area contributed by atoms with Gasteiger partial charge in [0.05, 0.1) is 12.2 Å². The Balaban J connectivity index is 0.000000131. The number of hydrogen-bond acceptors (Lipinski definition) is 1. The van der Waals surface area contributed by atoms with E-state index in [0.29, 0.717) is 16.4 Å². The lowest BCUT2D eigenvalue weighted by Crippen LogP contribution is -2.20. The summed E-state index contributed by atoms with van der Waals surface area (Å²) >= 11 is 0. The van der Waals surface area contributed by atoms with Crippen LogP contribution in [0, 0.1) is 28.1 Å². The van der Waals surface area contributed by atoms with Crippen LogP contribution in [0.2, 0.25) is 0 Å². The molecule has 2 unspecified atom stereocenters. The SMILES string of the molecule is CC(C)(C)C1CCC2(CC2)C1.CC(C)(C)C1COC2(CC2)C1. The molecule has 128 valence electrons. The van der Waals surface area contributed by atoms with Crippen LogP contribution in [0.4, 0.5) is 0 Å². The molecule has 2 atom stereocenters. The molecule has 0 radical (unpaired) electrons. The summed E-state index contributed by atoms with van der Waals surface area (Å²) in [6.45, 7) is 15.2. The van der Waals surface area contributed by atoms with E-state index in [9.17, 15) is 0 Å². The Bertz CT molecular complexity index is 361. The fourth-order valence-electron chi connectivity index (χ4n) is 4.47. The van der Waals surface area contributed by atoms with Crippen LogP contribution in [0.1, 0.15) is 92.9 Å². The number of hydrogen-bond donors (Lipinski definition) is 0. The van der Waals surface area contributed by atoms with Gasteiger partial charge in [-0.1, -0.05) is 41.5 Å². The van der Waals surface area contributed by atoms with Gasteiger partial charge in [0.15, 0.2) is 0 Å². The topological polar surface area (TPSA) is 9.23 Å². The lowest BCUT2D eigenvalue weighted by Gasteiger charge is -2.26. The smallest absolute Gasteiger partial charge is 0.0688 e. The molecular formula is C21H38O. The van der Waals surface area contributed by atoms with Crippen LogP contribution in [0.25, 0.3) is 0 Å². The lowest BCUT2D eigenvalue weighted by molar-refractivity contribution is 0.0803. The molecule has 0 amide bonds. The molecule has 4 aliphatic rings. The van der Waals surface area contributed by atoms with Crippen molar-refractivity contribution in [1.29, 1.82) is 0 Å². The molecule has 3 aliphatic carbocycles. The minimum atomic E-state index is 0.373. The van der Waals surface area contributed by atoms with E-state index in [1.165, 1.54) is 38.5 Å². The Hall–Kier alpha value is -0.0400. The summed E-state index contributed by atoms with van der Waals surface area (Å²) in [6.07, 6.45) is 11.6. The van der Waals surface area contributed by atoms with E-state index in [4.69, 9.17) is 4.74 Å². The van der Waals surface area contributed by atoms with E-state index in [2.05, 4.69) is 41.5 Å². The maximum Gasteiger partial charge on any atom is 0.0688 e. The van der Waals surface area contributed by atoms with Gasteiger partial charge in [-0.3, -0.25) is 0 Å². The average molecular weight is 307 g/mol. The van der Waals surface area contributed by atoms with Crippen LogP contribution in [-0.2, 0) is 4.74 Å². The molecule has 1 heterocycles. The zero-order valence-electron chi connectivity index (χ0n) is 15.9. The van der Waals surface area contributed by atoms with E-state index in [1.54, 1.807) is 12.8 Å². The molecule has 1 nitrogen and oxygen atoms in total. The molecule has 1 aliphatic heterocycles. The van der Waals surface area contributed by atoms with Gasteiger partial charge >= 0.3 is 0 Å². The fourth-order valence-corrected chi connectivity index (χ4v) is 4.47. The van der Waals surface area contributed by atoms with E-state index < -0.39 is 0 Å². The molecule has 4 fully saturated rings. The van der Waals surface area contributed by atoms with Gasteiger partial charge in [0.25, 0.3) is 0 Å². The van der Waals surface area contributed by atoms with Gasteiger partial charge in [0, 0.05) is 0 Å². The zero-order valence-corrected chi connectivity index (χ0v) is 15.9. The molecule has 0 bridgehead atoms. The third kappa shape index (κ3) is 3.71. The molecule has 2 spiro atoms. The second-order valence-electron chi connectivity index (χ2n) is 11.1. The predicted molar refractivity (Wildman–Crippen MR) is 93.9 cm³/mol. The zero-order chi connectivity index (χ0) is 16.2. The Labute approximate surface area is 138 Å². The summed E-state index contributed by atoms with van der Waals surface area (Å²) in [6, 6.07) is 0. The van der Waals surface area contributed by atoms with Crippen molar-refractivity contribution in [3.8, 4) is 0 Å². The first-order valence-corrected chi connectivity index (χ1v) is 9.68. The van der Waals surface area contributed by atoms with Crippen molar-refractivity contribution in [3.05, 3.63) is 0 Å². The van der Waals surface area contributed by atoms with Gasteiger partial charge in [-0.2, -0.15) is 0 Å². The maximum atomic E-state index is 5.79. The molecule has 1 heteroatoms. The minimum absolute atomic E-state index is 0.373. The Kier molecular flexibility index (Phi) is 3.99. The van der Waals surface area contributed by atoms with Gasteiger partial charge in [0.2, 0.25) is 0 Å². The van der Waals surface area contributed by atoms with E-state index >= 15 is 0 Å². The van der Waals surface area contributed by atoms with Crippen LogP contribution in [0.5, 0.6) is 0 Å². The van der Waals surface area contributed by atoms with Gasteiger partial charge in [-0.25, -0.2) is 0 Å². The van der Waals surface area contributed by atoms with Crippen molar-refractivity contribution < 1.29 is 4.74 Å². The summed E-state index contributed by atoms with van der Waals surface area (Å²) in [5, 5.41) is 0. The largest absolute Gasteiger partial charge is 0.375 e. The molecular weight excluding hydrogens is 268 g/mol. The van der Waals surface area contributed by atoms with Crippen molar-refractivity contribution in [2.24, 2.45) is 28.1 Å². The monoisotopic (exact) mass is 306 g/mol. The van der Waals surface area contributed by atoms with Crippen molar-refractivity contribution in [1.82, 2.24) is 0 Å². The van der Waals surface area contributed by atoms with Crippen molar-refractivity contribution >= 4 is 0 Å². The van der Waals surface area contributed by atoms with Crippen molar-refractivity contribution in [2.75, 3.05) is 6.61 Å². The second-order valence-corrected chi connectivity index (χ2v) is 11.1. The molecule has 0 aromatic rings. The molecule has 3 saturated carbocycles. The summed E-state index contributed by atoms with van der Waals surface area (Å²) in [5.41, 5.74) is 2.27. The van der Waals surface area contributed by atoms with Crippen LogP contribution in [0.15, 0.2) is 0 Å². The standard InChI is InChI=1S/C11H20.C10H18O/c1-10(2,3)9-4-5-11(8-9)6-7-11;1-9(2,3)8-6-10(4-5-10)11-7-8/h9H,4-8H2,1-3H3;8H,4-7H2,1-3H3. The first-order valence-electron chi connectivity index (χ1n) is 9.68. The van der Waals surface area contributed by atoms with E-state index in [0.717, 1.165) is 23.9 Å². The second kappa shape index (κ2) is 5.23. The average Bonchev–Trinajstić information content (AvgIpc) is 3.15. The van der Waals surface area contributed by atoms with Gasteiger partial charge < -0.3 is 4.74 Å². The summed E-state index contributed by atoms with van der Waals surface area (Å²) < 4.78 is 5.79. The summed E-state index contributed by atoms with van der Waals surface area (Å²) in [4.78, 5) is 0. The first kappa shape index (κ1) is 16.8. The van der Waals surface area contributed by atoms with Crippen LogP contribution >= 0.6 is 0 Å². The van der Waals surface area contributed by atoms with Crippen molar-refractivity contribution in [2.45, 2.75) is 98.5 Å². The maximum absolute atomic E-state index is 5.79. The van der Waals surface area contributed by atoms with E-state index in [-0.39, 0.29) is 0 Å². The quantitative estimate of drug-likeness (QED) is 0.516. The van der Waals surface area contributed by atoms with Crippen LogP contribution in [0.3, 0.4) is 0 Å². The number of rotatable bonds is 0. The normalized spacial score (nSPS) is 34.6. The highest BCUT2D eigenvalue weighted by Gasteiger charge is 2.52. The Morgan fingerprint density at radius 2 is 1.32 bits per heavy atom. The van der Waals surface area contributed by atoms with Crippen LogP contribution < -0.4 is 0 Å². The van der Waals surface area contributed by atoms with Gasteiger partial charge in [0.1, 0.15) is 0 Å². The van der Waals surface area contributed by atoms with E-state index in [1.807, 2.05) is 0 Å². The number of ether oxygens (including phenoxy) is 1. The Morgan fingerprint density at radius 3 is 1.59 bits per heavy atom. The molecule has 0 aromatic heterocycles. The summed E-state index contributed by atoms with van der Waals surface area (Å²) in [7, 11) is 0. The molecule has 0 aromatic carbocycles. The minimum Gasteiger partial charge on any atom is -0.375 e. The first-order chi connectivity index (χ1) is 10.0. The molecule has 0 N–H and O–H groups in total. The molecule has 1 saturated heterocycles. The highest BCUT2D eigenvalue weighted by Crippen LogP contribution is 2.62. The molecule has 4 rings (SSSR count). The molecule has 22 heavy (non-hydrogen) atoms. The third-order valence-corrected chi connectivity index (χ3v) is 7.13. The van der Waals surface area contributed by atoms with Crippen molar-refractivity contribution in [3.63, 3.8) is 0 Å². The Morgan fingerprint density at radius 1 is 0.727 bits per heavy atom. The van der Waals surface area contributed by atoms with Gasteiger partial charge in [-0.15, -0.1) is 0 Å². The van der Waals surface area contributed by atoms with Gasteiger partial charge in [-0.05, 0) is 79.4 Å². The summed E-state index contributed by atoms with van der Waals surface area (Å²) in [5.74, 6) is 1.81. The highest BCUT2D eigenvalue weighted by atomic mass is 16.5. The highest BCUT2D eigenvalue weighted by molar-refractivity contribution is 5.03.